The molecule has 0 atom stereocenters. The molecule has 0 aliphatic carbocycles. The molecule has 25 heavy (non-hydrogen) atoms. The zero-order valence-corrected chi connectivity index (χ0v) is 14.6. The van der Waals surface area contributed by atoms with Gasteiger partial charge in [-0.1, -0.05) is 29.8 Å². The third kappa shape index (κ3) is 5.61. The summed E-state index contributed by atoms with van der Waals surface area (Å²) in [6.45, 7) is 1.40. The minimum Gasteiger partial charge on any atom is -0.322 e. The molecule has 0 aliphatic heterocycles. The molecule has 1 amide bonds. The fraction of sp³-hybridized carbons (Fsp3) is 0.235. The van der Waals surface area contributed by atoms with Crippen molar-refractivity contribution >= 4 is 21.6 Å². The molecule has 0 radical (unpaired) electrons. The molecular weight excluding hydrogens is 350 g/mol. The van der Waals surface area contributed by atoms with Gasteiger partial charge in [0.15, 0.2) is 0 Å². The van der Waals surface area contributed by atoms with Gasteiger partial charge in [0.05, 0.1) is 18.5 Å². The van der Waals surface area contributed by atoms with Gasteiger partial charge >= 0.3 is 0 Å². The second-order valence-electron chi connectivity index (χ2n) is 5.69. The summed E-state index contributed by atoms with van der Waals surface area (Å²) >= 11 is 0. The minimum atomic E-state index is -3.66. The topological polar surface area (TPSA) is 66.5 Å². The first kappa shape index (κ1) is 19.0. The summed E-state index contributed by atoms with van der Waals surface area (Å²) in [6.07, 6.45) is 0.995. The molecule has 0 heterocycles. The van der Waals surface area contributed by atoms with Gasteiger partial charge in [0, 0.05) is 12.6 Å². The molecule has 1 N–H and O–H groups in total. The Hall–Kier alpha value is -2.32. The summed E-state index contributed by atoms with van der Waals surface area (Å²) in [6, 6.07) is 9.94. The van der Waals surface area contributed by atoms with E-state index in [4.69, 9.17) is 0 Å². The zero-order valence-electron chi connectivity index (χ0n) is 13.8. The Labute approximate surface area is 145 Å². The monoisotopic (exact) mass is 368 g/mol. The van der Waals surface area contributed by atoms with E-state index in [1.54, 1.807) is 12.1 Å². The number of sulfonamides is 1. The van der Waals surface area contributed by atoms with Crippen LogP contribution in [0.15, 0.2) is 42.5 Å². The van der Waals surface area contributed by atoms with Crippen molar-refractivity contribution in [1.82, 2.24) is 4.31 Å². The van der Waals surface area contributed by atoms with Gasteiger partial charge in [0.25, 0.3) is 0 Å². The third-order valence-electron chi connectivity index (χ3n) is 3.44. The highest BCUT2D eigenvalue weighted by Gasteiger charge is 2.21. The molecule has 0 unspecified atom stereocenters. The van der Waals surface area contributed by atoms with Crippen LogP contribution in [0.25, 0.3) is 0 Å². The quantitative estimate of drug-likeness (QED) is 0.853. The van der Waals surface area contributed by atoms with Crippen LogP contribution in [-0.2, 0) is 21.4 Å². The number of aryl methyl sites for hydroxylation is 1. The lowest BCUT2D eigenvalue weighted by molar-refractivity contribution is -0.116. The molecule has 2 rings (SSSR count). The van der Waals surface area contributed by atoms with E-state index in [9.17, 15) is 22.0 Å². The number of nitrogens with zero attached hydrogens (tertiary/aromatic N) is 1. The highest BCUT2D eigenvalue weighted by Crippen LogP contribution is 2.16. The standard InChI is InChI=1S/C17H18F2N2O3S/c1-12-4-3-5-13(8-12)10-21(25(2,23)24)11-17(22)20-16-7-6-14(18)9-15(16)19/h3-9H,10-11H2,1-2H3,(H,20,22). The lowest BCUT2D eigenvalue weighted by Gasteiger charge is -2.20. The molecule has 0 aromatic heterocycles. The molecule has 0 aliphatic rings. The maximum absolute atomic E-state index is 13.6. The number of anilines is 1. The van der Waals surface area contributed by atoms with E-state index in [0.717, 1.165) is 33.8 Å². The number of rotatable bonds is 6. The first-order chi connectivity index (χ1) is 11.6. The number of carbonyl (C=O) groups is 1. The average molecular weight is 368 g/mol. The molecule has 5 nitrogen and oxygen atoms in total. The van der Waals surface area contributed by atoms with E-state index < -0.39 is 34.1 Å². The third-order valence-corrected chi connectivity index (χ3v) is 4.63. The van der Waals surface area contributed by atoms with Crippen LogP contribution in [0.2, 0.25) is 0 Å². The van der Waals surface area contributed by atoms with E-state index in [-0.39, 0.29) is 12.2 Å². The number of nitrogens with one attached hydrogen (secondary N) is 1. The Balaban J connectivity index is 2.12. The maximum atomic E-state index is 13.6. The fourth-order valence-corrected chi connectivity index (χ4v) is 2.98. The molecular formula is C17H18F2N2O3S. The summed E-state index contributed by atoms with van der Waals surface area (Å²) < 4.78 is 51.3. The van der Waals surface area contributed by atoms with E-state index in [0.29, 0.717) is 6.07 Å². The fourth-order valence-electron chi connectivity index (χ4n) is 2.25. The van der Waals surface area contributed by atoms with Gasteiger partial charge < -0.3 is 5.32 Å². The van der Waals surface area contributed by atoms with Crippen molar-refractivity contribution in [1.29, 1.82) is 0 Å². The van der Waals surface area contributed by atoms with E-state index in [1.165, 1.54) is 0 Å². The molecule has 8 heteroatoms. The van der Waals surface area contributed by atoms with Crippen molar-refractivity contribution in [2.45, 2.75) is 13.5 Å². The summed E-state index contributed by atoms with van der Waals surface area (Å²) in [7, 11) is -3.66. The van der Waals surface area contributed by atoms with Gasteiger partial charge in [-0.3, -0.25) is 4.79 Å². The van der Waals surface area contributed by atoms with Gasteiger partial charge in [-0.2, -0.15) is 4.31 Å². The van der Waals surface area contributed by atoms with Crippen LogP contribution in [0, 0.1) is 18.6 Å². The Morgan fingerprint density at radius 2 is 1.88 bits per heavy atom. The van der Waals surface area contributed by atoms with Crippen LogP contribution in [0.4, 0.5) is 14.5 Å². The van der Waals surface area contributed by atoms with Crippen molar-refractivity contribution in [3.05, 3.63) is 65.2 Å². The van der Waals surface area contributed by atoms with Gasteiger partial charge in [0.1, 0.15) is 11.6 Å². The minimum absolute atomic E-state index is 0.0137. The number of carbonyl (C=O) groups excluding carboxylic acids is 1. The Kier molecular flexibility index (Phi) is 5.86. The lowest BCUT2D eigenvalue weighted by atomic mass is 10.1. The van der Waals surface area contributed by atoms with Gasteiger partial charge in [-0.05, 0) is 24.6 Å². The Morgan fingerprint density at radius 1 is 1.16 bits per heavy atom. The van der Waals surface area contributed by atoms with Gasteiger partial charge in [-0.15, -0.1) is 0 Å². The predicted molar refractivity (Wildman–Crippen MR) is 91.4 cm³/mol. The van der Waals surface area contributed by atoms with Crippen LogP contribution in [0.1, 0.15) is 11.1 Å². The van der Waals surface area contributed by atoms with Gasteiger partial charge in [-0.25, -0.2) is 17.2 Å². The van der Waals surface area contributed by atoms with E-state index >= 15 is 0 Å². The van der Waals surface area contributed by atoms with Crippen LogP contribution in [0.5, 0.6) is 0 Å². The first-order valence-electron chi connectivity index (χ1n) is 7.41. The molecule has 2 aromatic carbocycles. The first-order valence-corrected chi connectivity index (χ1v) is 9.25. The lowest BCUT2D eigenvalue weighted by Crippen LogP contribution is -2.37. The highest BCUT2D eigenvalue weighted by molar-refractivity contribution is 7.88. The zero-order chi connectivity index (χ0) is 18.6. The molecule has 0 saturated carbocycles. The predicted octanol–water partition coefficient (Wildman–Crippen LogP) is 2.67. The van der Waals surface area contributed by atoms with Crippen LogP contribution < -0.4 is 5.32 Å². The van der Waals surface area contributed by atoms with Crippen LogP contribution >= 0.6 is 0 Å². The maximum Gasteiger partial charge on any atom is 0.239 e. The smallest absolute Gasteiger partial charge is 0.239 e. The average Bonchev–Trinajstić information content (AvgIpc) is 2.48. The molecule has 2 aromatic rings. The second-order valence-corrected chi connectivity index (χ2v) is 7.67. The van der Waals surface area contributed by atoms with E-state index in [2.05, 4.69) is 5.32 Å². The van der Waals surface area contributed by atoms with Crippen LogP contribution in [-0.4, -0.2) is 31.4 Å². The molecule has 0 bridgehead atoms. The largest absolute Gasteiger partial charge is 0.322 e. The number of amides is 1. The second kappa shape index (κ2) is 7.71. The summed E-state index contributed by atoms with van der Waals surface area (Å²) in [5, 5.41) is 2.25. The molecule has 0 spiro atoms. The Morgan fingerprint density at radius 3 is 2.48 bits per heavy atom. The van der Waals surface area contributed by atoms with Crippen molar-refractivity contribution < 1.29 is 22.0 Å². The summed E-state index contributed by atoms with van der Waals surface area (Å²) in [5.41, 5.74) is 1.48. The number of hydrogen-bond donors (Lipinski definition) is 1. The Bertz CT molecular complexity index is 885. The highest BCUT2D eigenvalue weighted by atomic mass is 32.2. The SMILES string of the molecule is Cc1cccc(CN(CC(=O)Nc2ccc(F)cc2F)S(C)(=O)=O)c1. The van der Waals surface area contributed by atoms with Crippen molar-refractivity contribution in [3.8, 4) is 0 Å². The van der Waals surface area contributed by atoms with Crippen molar-refractivity contribution in [2.75, 3.05) is 18.1 Å². The number of hydrogen-bond acceptors (Lipinski definition) is 3. The molecule has 0 fully saturated rings. The molecule has 134 valence electrons. The van der Waals surface area contributed by atoms with Crippen LogP contribution in [0.3, 0.4) is 0 Å². The number of halogens is 2. The summed E-state index contributed by atoms with van der Waals surface area (Å²) in [4.78, 5) is 12.1. The normalized spacial score (nSPS) is 11.6. The van der Waals surface area contributed by atoms with E-state index in [1.807, 2.05) is 19.1 Å². The molecule has 0 saturated heterocycles. The number of benzene rings is 2. The van der Waals surface area contributed by atoms with Crippen molar-refractivity contribution in [2.24, 2.45) is 0 Å². The van der Waals surface area contributed by atoms with Gasteiger partial charge in [0.2, 0.25) is 15.9 Å². The summed E-state index contributed by atoms with van der Waals surface area (Å²) in [5.74, 6) is -2.42. The van der Waals surface area contributed by atoms with Crippen molar-refractivity contribution in [3.63, 3.8) is 0 Å².